The van der Waals surface area contributed by atoms with Crippen LogP contribution in [0.4, 0.5) is 0 Å². The fraction of sp³-hybridized carbons (Fsp3) is 0.791. The van der Waals surface area contributed by atoms with Gasteiger partial charge in [-0.1, -0.05) is 32.9 Å². The highest BCUT2D eigenvalue weighted by molar-refractivity contribution is 5.91. The van der Waals surface area contributed by atoms with Crippen molar-refractivity contribution in [3.05, 3.63) is 60.8 Å². The molecule has 32 heteroatoms. The molecular weight excluding hydrogens is 1600 g/mol. The molecule has 0 aromatic carbocycles. The lowest BCUT2D eigenvalue weighted by Crippen LogP contribution is -2.45. The molecule has 0 amide bonds. The average molecular weight is 1740 g/mol. The van der Waals surface area contributed by atoms with Crippen LogP contribution in [0.3, 0.4) is 0 Å². The van der Waals surface area contributed by atoms with E-state index in [0.717, 1.165) is 205 Å². The summed E-state index contributed by atoms with van der Waals surface area (Å²) >= 11 is 0. The Labute approximate surface area is 721 Å². The van der Waals surface area contributed by atoms with Crippen molar-refractivity contribution in [3.8, 4) is 0 Å². The number of ketones is 2. The second-order valence-electron chi connectivity index (χ2n) is 35.9. The molecule has 8 atom stereocenters. The monoisotopic (exact) mass is 1740 g/mol. The van der Waals surface area contributed by atoms with Gasteiger partial charge in [-0.2, -0.15) is 0 Å². The van der Waals surface area contributed by atoms with Gasteiger partial charge >= 0.3 is 41.8 Å². The molecule has 32 nitrogen and oxygen atoms in total. The normalized spacial score (nSPS) is 29.1. The van der Waals surface area contributed by atoms with E-state index in [0.29, 0.717) is 64.0 Å². The molecule has 0 bridgehead atoms. The number of hydrogen-bond donors (Lipinski definition) is 0. The summed E-state index contributed by atoms with van der Waals surface area (Å²) in [6.45, 7) is 28.2. The smallest absolute Gasteiger partial charge is 0.333 e. The van der Waals surface area contributed by atoms with Crippen molar-refractivity contribution >= 4 is 53.4 Å². The maximum atomic E-state index is 13.1. The van der Waals surface area contributed by atoms with Gasteiger partial charge in [-0.05, 0) is 137 Å². The maximum absolute atomic E-state index is 13.1. The van der Waals surface area contributed by atoms with Gasteiger partial charge < -0.3 is 109 Å². The minimum Gasteiger partial charge on any atom is -0.463 e. The predicted octanol–water partition coefficient (Wildman–Crippen LogP) is 11.8. The molecule has 8 aliphatic heterocycles. The molecule has 8 saturated carbocycles. The first kappa shape index (κ1) is 95.8. The van der Waals surface area contributed by atoms with Crippen LogP contribution in [-0.2, 0) is 152 Å². The number of esters is 7. The van der Waals surface area contributed by atoms with Crippen LogP contribution in [0.5, 0.6) is 0 Å². The highest BCUT2D eigenvalue weighted by atomic mass is 16.8. The van der Waals surface area contributed by atoms with E-state index in [1.807, 2.05) is 0 Å². The molecule has 16 fully saturated rings. The molecule has 16 aliphatic rings. The number of ether oxygens (including phenoxy) is 23. The SMILES string of the molecule is C=C(C)C(=O)OC(C1COC2(CCCC2)O1)C1COC2(CCCC2)O1.C=C(C)C(=O)OCC(=O)C(C1COC2(CCCC2)O1)C1COC2(CCCC2)O1.C=C(C)C(=O)OCC(=O)CC1COC2(CCCC2)O1.C=C(C)C(=O)OCCC(=O)OC(C1COC2(CCCC2)O1)C1COC2(CCCC2)O1.C=C(C)C(=O)OCCC(=O)OCC1COC2(CCCC2)O1. The van der Waals surface area contributed by atoms with Crippen LogP contribution >= 0.6 is 0 Å². The Hall–Kier alpha value is -6.31. The zero-order valence-corrected chi connectivity index (χ0v) is 72.9. The number of Topliss-reactive ketones (excluding diaryl/α,β-unsaturated/α-hetero) is 2. The minimum absolute atomic E-state index is 0.00348. The lowest BCUT2D eigenvalue weighted by Gasteiger charge is -2.30. The Kier molecular flexibility index (Phi) is 33.6. The van der Waals surface area contributed by atoms with E-state index in [4.69, 9.17) is 109 Å². The van der Waals surface area contributed by atoms with Crippen LogP contribution in [0.2, 0.25) is 0 Å². The number of rotatable bonds is 28. The van der Waals surface area contributed by atoms with Crippen molar-refractivity contribution < 1.29 is 152 Å². The molecule has 8 saturated heterocycles. The van der Waals surface area contributed by atoms with Crippen molar-refractivity contribution in [1.82, 2.24) is 0 Å². The van der Waals surface area contributed by atoms with Gasteiger partial charge in [0.1, 0.15) is 56.9 Å². The Balaban J connectivity index is 0.000000142. The summed E-state index contributed by atoms with van der Waals surface area (Å²) in [6.07, 6.45) is 27.7. The van der Waals surface area contributed by atoms with Gasteiger partial charge in [0, 0.05) is 137 Å². The Morgan fingerprint density at radius 3 is 0.886 bits per heavy atom. The fourth-order valence-electron chi connectivity index (χ4n) is 19.1. The van der Waals surface area contributed by atoms with Gasteiger partial charge in [0.05, 0.1) is 89.9 Å². The molecule has 8 unspecified atom stereocenters. The first-order valence-corrected chi connectivity index (χ1v) is 45.0. The van der Waals surface area contributed by atoms with Crippen LogP contribution in [0.25, 0.3) is 0 Å². The van der Waals surface area contributed by atoms with Gasteiger partial charge in [-0.15, -0.1) is 0 Å². The average Bonchev–Trinajstić information content (AvgIpc) is 1.63. The third-order valence-electron chi connectivity index (χ3n) is 25.6. The Morgan fingerprint density at radius 1 is 0.293 bits per heavy atom. The van der Waals surface area contributed by atoms with Crippen molar-refractivity contribution in [3.63, 3.8) is 0 Å². The van der Waals surface area contributed by atoms with Crippen LogP contribution in [-0.4, -0.2) is 247 Å². The van der Waals surface area contributed by atoms with Gasteiger partial charge in [-0.25, -0.2) is 24.0 Å². The molecule has 0 aromatic heterocycles. The first-order chi connectivity index (χ1) is 58.8. The molecular formula is C91H132O32. The summed E-state index contributed by atoms with van der Waals surface area (Å²) in [5.74, 6) is -8.53. The summed E-state index contributed by atoms with van der Waals surface area (Å²) < 4.78 is 133. The summed E-state index contributed by atoms with van der Waals surface area (Å²) in [5, 5.41) is 0. The summed E-state index contributed by atoms with van der Waals surface area (Å²) in [7, 11) is 0. The van der Waals surface area contributed by atoms with Gasteiger partial charge in [0.15, 0.2) is 76.7 Å². The van der Waals surface area contributed by atoms with Crippen LogP contribution in [0, 0.1) is 5.92 Å². The zero-order valence-electron chi connectivity index (χ0n) is 72.9. The molecule has 8 aliphatic carbocycles. The van der Waals surface area contributed by atoms with E-state index in [1.165, 1.54) is 0 Å². The summed E-state index contributed by atoms with van der Waals surface area (Å²) in [4.78, 5) is 107. The van der Waals surface area contributed by atoms with Gasteiger partial charge in [-0.3, -0.25) is 19.2 Å². The number of hydrogen-bond acceptors (Lipinski definition) is 32. The van der Waals surface area contributed by atoms with Crippen LogP contribution in [0.1, 0.15) is 259 Å². The van der Waals surface area contributed by atoms with E-state index in [2.05, 4.69) is 32.9 Å². The zero-order chi connectivity index (χ0) is 87.6. The summed E-state index contributed by atoms with van der Waals surface area (Å²) in [5.41, 5.74) is 1.52. The van der Waals surface area contributed by atoms with E-state index in [-0.39, 0.29) is 105 Å². The number of carbonyl (C=O) groups excluding carboxylic acids is 9. The molecule has 0 aromatic rings. The quantitative estimate of drug-likeness (QED) is 0.0399. The summed E-state index contributed by atoms with van der Waals surface area (Å²) in [6, 6.07) is 0. The number of carbonyl (C=O) groups is 9. The Bertz CT molecular complexity index is 3600. The second kappa shape index (κ2) is 43.2. The second-order valence-corrected chi connectivity index (χ2v) is 35.9. The largest absolute Gasteiger partial charge is 0.463 e. The fourth-order valence-corrected chi connectivity index (χ4v) is 19.1. The van der Waals surface area contributed by atoms with E-state index in [9.17, 15) is 43.2 Å². The molecule has 8 spiro atoms. The lowest BCUT2D eigenvalue weighted by atomic mass is 9.92. The molecule has 16 rings (SSSR count). The standard InChI is InChI=1S/C22H32O8.C21H30O7.C19H28O6.C15H22O6.C14H20O5/c1-15(2)20(24)25-12-7-18(23)28-19(16-13-26-21(29-16)8-3-4-9-21)17-14-27-22(30-17)10-5-6-11-22;1-14(2)19(23)24-11-15(22)18(16-12-25-20(27-16)7-3-4-8-20)17-13-26-21(28-17)9-5-6-10-21;1-13(2)17(20)23-16(14-11-21-18(24-14)7-3-4-8-18)15-12-22-19(25-15)9-5-6-10-19;1-11(2)14(17)18-8-5-13(16)19-9-12-10-20-15(21-12)6-3-4-7-15;1-10(2)13(16)17-8-11(15)7-12-9-18-14(19-12)5-3-4-6-14/h16-17,19H,1,3-14H2,2H3;16-18H,1,3-13H2,2H3;14-16H,1,3-12H2,2H3;12H,1,3-10H2,2H3;12H,1,3-9H2,2H3. The van der Waals surface area contributed by atoms with E-state index in [1.54, 1.807) is 34.6 Å². The minimum atomic E-state index is -0.630. The van der Waals surface area contributed by atoms with E-state index >= 15 is 0 Å². The highest BCUT2D eigenvalue weighted by Gasteiger charge is 2.58. The lowest BCUT2D eigenvalue weighted by molar-refractivity contribution is -0.207. The van der Waals surface area contributed by atoms with Crippen LogP contribution in [0.15, 0.2) is 60.8 Å². The van der Waals surface area contributed by atoms with Crippen molar-refractivity contribution in [2.75, 3.05) is 85.9 Å². The van der Waals surface area contributed by atoms with Gasteiger partial charge in [0.2, 0.25) is 0 Å². The van der Waals surface area contributed by atoms with Crippen molar-refractivity contribution in [2.24, 2.45) is 5.92 Å². The third kappa shape index (κ3) is 25.8. The maximum Gasteiger partial charge on any atom is 0.333 e. The molecule has 0 N–H and O–H groups in total. The first-order valence-electron chi connectivity index (χ1n) is 45.0. The molecule has 123 heavy (non-hydrogen) atoms. The molecule has 688 valence electrons. The Morgan fingerprint density at radius 2 is 0.553 bits per heavy atom. The topological polar surface area (TPSA) is 366 Å². The van der Waals surface area contributed by atoms with Gasteiger partial charge in [0.25, 0.3) is 0 Å². The highest BCUT2D eigenvalue weighted by Crippen LogP contribution is 2.50. The third-order valence-corrected chi connectivity index (χ3v) is 25.6. The van der Waals surface area contributed by atoms with Crippen molar-refractivity contribution in [1.29, 1.82) is 0 Å². The molecule has 8 heterocycles. The van der Waals surface area contributed by atoms with Crippen molar-refractivity contribution in [2.45, 2.75) is 367 Å². The molecule has 0 radical (unpaired) electrons. The van der Waals surface area contributed by atoms with Crippen LogP contribution < -0.4 is 0 Å². The van der Waals surface area contributed by atoms with E-state index < -0.39 is 131 Å². The predicted molar refractivity (Wildman–Crippen MR) is 432 cm³/mol.